The molecule has 0 spiro atoms. The van der Waals surface area contributed by atoms with Gasteiger partial charge in [0.25, 0.3) is 5.91 Å². The van der Waals surface area contributed by atoms with E-state index >= 15 is 0 Å². The SMILES string of the molecule is Cc1nc(N(C)C)ncc1C(=O)N[C@@H](Cc1ccc(O)cc1)C(N)=O. The van der Waals surface area contributed by atoms with E-state index in [1.165, 1.54) is 18.3 Å². The predicted molar refractivity (Wildman–Crippen MR) is 93.4 cm³/mol. The fraction of sp³-hybridized carbons (Fsp3) is 0.294. The molecular formula is C17H21N5O3. The molecule has 2 aromatic rings. The number of hydrogen-bond donors (Lipinski definition) is 3. The summed E-state index contributed by atoms with van der Waals surface area (Å²) in [6.07, 6.45) is 1.64. The van der Waals surface area contributed by atoms with Gasteiger partial charge in [0.15, 0.2) is 0 Å². The summed E-state index contributed by atoms with van der Waals surface area (Å²) in [6, 6.07) is 5.46. The zero-order chi connectivity index (χ0) is 18.6. The molecule has 132 valence electrons. The zero-order valence-electron chi connectivity index (χ0n) is 14.4. The second kappa shape index (κ2) is 7.61. The van der Waals surface area contributed by atoms with Crippen LogP contribution in [0.1, 0.15) is 21.6 Å². The van der Waals surface area contributed by atoms with Gasteiger partial charge in [-0.3, -0.25) is 9.59 Å². The highest BCUT2D eigenvalue weighted by Crippen LogP contribution is 2.13. The second-order valence-electron chi connectivity index (χ2n) is 5.86. The number of nitrogens with zero attached hydrogens (tertiary/aromatic N) is 3. The van der Waals surface area contributed by atoms with Gasteiger partial charge in [0.2, 0.25) is 11.9 Å². The average molecular weight is 343 g/mol. The smallest absolute Gasteiger partial charge is 0.255 e. The number of nitrogens with one attached hydrogen (secondary N) is 1. The number of hydrogen-bond acceptors (Lipinski definition) is 6. The average Bonchev–Trinajstić information content (AvgIpc) is 2.55. The molecular weight excluding hydrogens is 322 g/mol. The van der Waals surface area contributed by atoms with E-state index in [0.29, 0.717) is 11.6 Å². The lowest BCUT2D eigenvalue weighted by atomic mass is 10.0. The Morgan fingerprint density at radius 3 is 2.44 bits per heavy atom. The molecule has 0 fully saturated rings. The van der Waals surface area contributed by atoms with E-state index in [-0.39, 0.29) is 17.7 Å². The Balaban J connectivity index is 2.15. The number of primary amides is 1. The summed E-state index contributed by atoms with van der Waals surface area (Å²) in [4.78, 5) is 34.2. The number of benzene rings is 1. The molecule has 0 unspecified atom stereocenters. The van der Waals surface area contributed by atoms with E-state index in [2.05, 4.69) is 15.3 Å². The quantitative estimate of drug-likeness (QED) is 0.697. The summed E-state index contributed by atoms with van der Waals surface area (Å²) in [5.41, 5.74) is 6.95. The number of aromatic hydroxyl groups is 1. The van der Waals surface area contributed by atoms with Gasteiger partial charge < -0.3 is 21.1 Å². The molecule has 1 aromatic carbocycles. The monoisotopic (exact) mass is 343 g/mol. The van der Waals surface area contributed by atoms with Gasteiger partial charge in [-0.2, -0.15) is 0 Å². The molecule has 25 heavy (non-hydrogen) atoms. The molecule has 8 nitrogen and oxygen atoms in total. The molecule has 0 aliphatic heterocycles. The number of aromatic nitrogens is 2. The Bertz CT molecular complexity index is 774. The highest BCUT2D eigenvalue weighted by Gasteiger charge is 2.21. The van der Waals surface area contributed by atoms with Crippen LogP contribution in [-0.2, 0) is 11.2 Å². The Morgan fingerprint density at radius 2 is 1.92 bits per heavy atom. The Kier molecular flexibility index (Phi) is 5.53. The summed E-state index contributed by atoms with van der Waals surface area (Å²) in [5.74, 6) is -0.503. The van der Waals surface area contributed by atoms with Gasteiger partial charge in [0.1, 0.15) is 11.8 Å². The van der Waals surface area contributed by atoms with E-state index in [4.69, 9.17) is 5.73 Å². The summed E-state index contributed by atoms with van der Waals surface area (Å²) in [7, 11) is 3.60. The van der Waals surface area contributed by atoms with Crippen molar-refractivity contribution in [1.29, 1.82) is 0 Å². The topological polar surface area (TPSA) is 121 Å². The van der Waals surface area contributed by atoms with Gasteiger partial charge in [-0.25, -0.2) is 9.97 Å². The summed E-state index contributed by atoms with van der Waals surface area (Å²) < 4.78 is 0. The summed E-state index contributed by atoms with van der Waals surface area (Å²) >= 11 is 0. The number of anilines is 1. The number of carbonyl (C=O) groups excluding carboxylic acids is 2. The number of phenolic OH excluding ortho intramolecular Hbond substituents is 1. The number of carbonyl (C=O) groups is 2. The van der Waals surface area contributed by atoms with Crippen molar-refractivity contribution in [3.05, 3.63) is 47.3 Å². The molecule has 0 aliphatic carbocycles. The third-order valence-electron chi connectivity index (χ3n) is 3.64. The lowest BCUT2D eigenvalue weighted by Gasteiger charge is -2.17. The largest absolute Gasteiger partial charge is 0.508 e. The number of phenols is 1. The maximum Gasteiger partial charge on any atom is 0.255 e. The van der Waals surface area contributed by atoms with Gasteiger partial charge >= 0.3 is 0 Å². The second-order valence-corrected chi connectivity index (χ2v) is 5.86. The minimum Gasteiger partial charge on any atom is -0.508 e. The van der Waals surface area contributed by atoms with E-state index in [9.17, 15) is 14.7 Å². The highest BCUT2D eigenvalue weighted by atomic mass is 16.3. The number of amides is 2. The lowest BCUT2D eigenvalue weighted by molar-refractivity contribution is -0.119. The van der Waals surface area contributed by atoms with Crippen LogP contribution in [0.5, 0.6) is 5.75 Å². The van der Waals surface area contributed by atoms with Crippen molar-refractivity contribution in [2.45, 2.75) is 19.4 Å². The van der Waals surface area contributed by atoms with Gasteiger partial charge in [0.05, 0.1) is 11.3 Å². The van der Waals surface area contributed by atoms with E-state index in [1.807, 2.05) is 0 Å². The van der Waals surface area contributed by atoms with Crippen molar-refractivity contribution in [3.63, 3.8) is 0 Å². The molecule has 0 radical (unpaired) electrons. The molecule has 0 bridgehead atoms. The van der Waals surface area contributed by atoms with Crippen molar-refractivity contribution < 1.29 is 14.7 Å². The summed E-state index contributed by atoms with van der Waals surface area (Å²) in [5, 5.41) is 11.9. The molecule has 0 saturated heterocycles. The molecule has 0 aliphatic rings. The first-order valence-corrected chi connectivity index (χ1v) is 7.67. The first-order chi connectivity index (χ1) is 11.8. The molecule has 0 saturated carbocycles. The first kappa shape index (κ1) is 18.2. The lowest BCUT2D eigenvalue weighted by Crippen LogP contribution is -2.46. The van der Waals surface area contributed by atoms with Crippen LogP contribution in [0.3, 0.4) is 0 Å². The zero-order valence-corrected chi connectivity index (χ0v) is 14.4. The Hall–Kier alpha value is -3.16. The van der Waals surface area contributed by atoms with Crippen LogP contribution in [0.15, 0.2) is 30.5 Å². The fourth-order valence-corrected chi connectivity index (χ4v) is 2.22. The van der Waals surface area contributed by atoms with Crippen LogP contribution in [0.25, 0.3) is 0 Å². The normalized spacial score (nSPS) is 11.6. The van der Waals surface area contributed by atoms with Crippen LogP contribution < -0.4 is 16.0 Å². The van der Waals surface area contributed by atoms with Gasteiger partial charge in [0, 0.05) is 26.7 Å². The Morgan fingerprint density at radius 1 is 1.28 bits per heavy atom. The molecule has 2 rings (SSSR count). The molecule has 4 N–H and O–H groups in total. The standard InChI is InChI=1S/C17H21N5O3/c1-10-13(9-19-17(20-10)22(2)3)16(25)21-14(15(18)24)8-11-4-6-12(23)7-5-11/h4-7,9,14,23H,8H2,1-3H3,(H2,18,24)(H,21,25)/t14-/m0/s1. The van der Waals surface area contributed by atoms with Crippen molar-refractivity contribution in [2.24, 2.45) is 5.73 Å². The maximum atomic E-state index is 12.5. The van der Waals surface area contributed by atoms with Crippen LogP contribution in [0.4, 0.5) is 5.95 Å². The van der Waals surface area contributed by atoms with Crippen LogP contribution in [-0.4, -0.2) is 47.0 Å². The van der Waals surface area contributed by atoms with E-state index in [1.54, 1.807) is 38.1 Å². The highest BCUT2D eigenvalue weighted by molar-refractivity contribution is 5.98. The van der Waals surface area contributed by atoms with Gasteiger partial charge in [-0.1, -0.05) is 12.1 Å². The van der Waals surface area contributed by atoms with Crippen molar-refractivity contribution in [2.75, 3.05) is 19.0 Å². The van der Waals surface area contributed by atoms with Crippen LogP contribution >= 0.6 is 0 Å². The minimum absolute atomic E-state index is 0.122. The van der Waals surface area contributed by atoms with E-state index < -0.39 is 17.9 Å². The van der Waals surface area contributed by atoms with Gasteiger partial charge in [-0.05, 0) is 24.6 Å². The molecule has 8 heteroatoms. The number of rotatable bonds is 6. The fourth-order valence-electron chi connectivity index (χ4n) is 2.22. The molecule has 1 atom stereocenters. The minimum atomic E-state index is -0.884. The molecule has 2 amide bonds. The van der Waals surface area contributed by atoms with E-state index in [0.717, 1.165) is 5.56 Å². The first-order valence-electron chi connectivity index (χ1n) is 7.67. The van der Waals surface area contributed by atoms with Crippen molar-refractivity contribution in [3.8, 4) is 5.75 Å². The van der Waals surface area contributed by atoms with Crippen molar-refractivity contribution >= 4 is 17.8 Å². The number of aryl methyl sites for hydroxylation is 1. The van der Waals surface area contributed by atoms with Crippen LogP contribution in [0, 0.1) is 6.92 Å². The van der Waals surface area contributed by atoms with Gasteiger partial charge in [-0.15, -0.1) is 0 Å². The van der Waals surface area contributed by atoms with Crippen molar-refractivity contribution in [1.82, 2.24) is 15.3 Å². The number of nitrogens with two attached hydrogens (primary N) is 1. The summed E-state index contributed by atoms with van der Waals surface area (Å²) in [6.45, 7) is 1.70. The third kappa shape index (κ3) is 4.66. The third-order valence-corrected chi connectivity index (χ3v) is 3.64. The van der Waals surface area contributed by atoms with Crippen LogP contribution in [0.2, 0.25) is 0 Å². The Labute approximate surface area is 145 Å². The molecule has 1 heterocycles. The maximum absolute atomic E-state index is 12.5. The molecule has 1 aromatic heterocycles. The predicted octanol–water partition coefficient (Wildman–Crippen LogP) is 0.383.